The summed E-state index contributed by atoms with van der Waals surface area (Å²) < 4.78 is 53.9. The van der Waals surface area contributed by atoms with Crippen molar-refractivity contribution in [3.63, 3.8) is 0 Å². The molecule has 3 unspecified atom stereocenters. The first-order chi connectivity index (χ1) is 23.8. The van der Waals surface area contributed by atoms with Crippen LogP contribution in [0.25, 0.3) is 22.3 Å². The molecule has 3 atom stereocenters. The van der Waals surface area contributed by atoms with Crippen molar-refractivity contribution in [2.24, 2.45) is 5.92 Å². The Bertz CT molecular complexity index is 1850. The van der Waals surface area contributed by atoms with E-state index in [0.29, 0.717) is 12.0 Å². The fourth-order valence-corrected chi connectivity index (χ4v) is 6.18. The molecule has 2 N–H and O–H groups in total. The minimum atomic E-state index is -0.901. The number of H-pyrrole nitrogens is 2. The Morgan fingerprint density at radius 1 is 0.776 bits per heavy atom. The molecular weight excluding hydrogens is 628 g/mol. The molecule has 0 aliphatic heterocycles. The Morgan fingerprint density at radius 2 is 1.37 bits per heavy atom. The van der Waals surface area contributed by atoms with E-state index in [2.05, 4.69) is 51.6 Å². The van der Waals surface area contributed by atoms with E-state index >= 15 is 0 Å². The summed E-state index contributed by atoms with van der Waals surface area (Å²) in [5.74, 6) is -3.15. The topological polar surface area (TPSA) is 74.4 Å². The van der Waals surface area contributed by atoms with E-state index in [-0.39, 0.29) is 36.4 Å². The van der Waals surface area contributed by atoms with Crippen molar-refractivity contribution in [3.05, 3.63) is 144 Å². The van der Waals surface area contributed by atoms with Gasteiger partial charge < -0.3 is 0 Å². The Kier molecular flexibility index (Phi) is 12.1. The van der Waals surface area contributed by atoms with Gasteiger partial charge in [0.2, 0.25) is 0 Å². The standard InChI is InChI=1S/C20H18F2N2O.C20H22F2N2/c1-2-17(25)10-18(15-7-8-19(21)20(22)9-15)14-5-3-13(4-6-14)16-11-23-24-12-16;1-2-3-4-18(16-9-10-19(21)20(22)11-16)15-7-5-14(6-8-15)17-12-23-24-13-17/h3-9,11-12,18H,2,10H2,1H3,(H,23,24);5-10,12-13,16,18H,2-4,11H2,1H3,(H,23,24). The van der Waals surface area contributed by atoms with E-state index in [1.807, 2.05) is 36.5 Å². The van der Waals surface area contributed by atoms with Gasteiger partial charge in [-0.2, -0.15) is 10.2 Å². The lowest BCUT2D eigenvalue weighted by Crippen LogP contribution is -2.14. The predicted molar refractivity (Wildman–Crippen MR) is 185 cm³/mol. The molecule has 0 fully saturated rings. The van der Waals surface area contributed by atoms with E-state index in [1.165, 1.54) is 23.8 Å². The highest BCUT2D eigenvalue weighted by atomic mass is 19.2. The van der Waals surface area contributed by atoms with Crippen LogP contribution in [0.3, 0.4) is 0 Å². The van der Waals surface area contributed by atoms with E-state index in [1.54, 1.807) is 25.5 Å². The number of aromatic amines is 2. The van der Waals surface area contributed by atoms with Crippen LogP contribution in [0.2, 0.25) is 0 Å². The van der Waals surface area contributed by atoms with Crippen LogP contribution in [0.4, 0.5) is 17.6 Å². The summed E-state index contributed by atoms with van der Waals surface area (Å²) in [5.41, 5.74) is 6.75. The second kappa shape index (κ2) is 16.9. The Labute approximate surface area is 284 Å². The summed E-state index contributed by atoms with van der Waals surface area (Å²) in [6.07, 6.45) is 14.2. The van der Waals surface area contributed by atoms with Crippen molar-refractivity contribution in [2.75, 3.05) is 0 Å². The van der Waals surface area contributed by atoms with Crippen molar-refractivity contribution in [2.45, 2.75) is 64.2 Å². The van der Waals surface area contributed by atoms with E-state index in [4.69, 9.17) is 0 Å². The van der Waals surface area contributed by atoms with Gasteiger partial charge >= 0.3 is 0 Å². The van der Waals surface area contributed by atoms with Crippen LogP contribution in [0.5, 0.6) is 0 Å². The maximum Gasteiger partial charge on any atom is 0.159 e. The lowest BCUT2D eigenvalue weighted by atomic mass is 9.78. The third-order valence-electron chi connectivity index (χ3n) is 9.04. The molecule has 0 saturated carbocycles. The molecule has 0 amide bonds. The second-order valence-corrected chi connectivity index (χ2v) is 12.3. The monoisotopic (exact) mass is 668 g/mol. The molecular formula is C40H40F4N4O. The quantitative estimate of drug-likeness (QED) is 0.130. The highest BCUT2D eigenvalue weighted by Crippen LogP contribution is 2.39. The van der Waals surface area contributed by atoms with Crippen LogP contribution in [0.15, 0.2) is 115 Å². The number of benzene rings is 3. The first-order valence-corrected chi connectivity index (χ1v) is 16.6. The Balaban J connectivity index is 0.000000191. The number of rotatable bonds is 12. The minimum Gasteiger partial charge on any atom is -0.300 e. The van der Waals surface area contributed by atoms with Crippen LogP contribution in [-0.2, 0) is 4.79 Å². The molecule has 0 radical (unpaired) electrons. The van der Waals surface area contributed by atoms with Gasteiger partial charge in [-0.25, -0.2) is 17.6 Å². The molecule has 1 aliphatic carbocycles. The van der Waals surface area contributed by atoms with E-state index < -0.39 is 23.3 Å². The molecule has 3 aromatic carbocycles. The molecule has 2 heterocycles. The summed E-state index contributed by atoms with van der Waals surface area (Å²) in [7, 11) is 0. The van der Waals surface area contributed by atoms with Gasteiger partial charge in [-0.3, -0.25) is 15.0 Å². The number of allylic oxidation sites excluding steroid dienone is 4. The zero-order chi connectivity index (χ0) is 34.8. The highest BCUT2D eigenvalue weighted by Gasteiger charge is 2.26. The number of aromatic nitrogens is 4. The van der Waals surface area contributed by atoms with Gasteiger partial charge in [-0.1, -0.05) is 87.4 Å². The highest BCUT2D eigenvalue weighted by molar-refractivity contribution is 5.79. The third-order valence-corrected chi connectivity index (χ3v) is 9.04. The summed E-state index contributed by atoms with van der Waals surface area (Å²) in [4.78, 5) is 12.0. The number of nitrogens with one attached hydrogen (secondary N) is 2. The fraction of sp³-hybridized carbons (Fsp3) is 0.275. The molecule has 49 heavy (non-hydrogen) atoms. The number of hydrogen-bond acceptors (Lipinski definition) is 3. The first kappa shape index (κ1) is 35.3. The summed E-state index contributed by atoms with van der Waals surface area (Å²) >= 11 is 0. The lowest BCUT2D eigenvalue weighted by molar-refractivity contribution is -0.118. The molecule has 6 rings (SSSR count). The van der Waals surface area contributed by atoms with Crippen LogP contribution < -0.4 is 0 Å². The summed E-state index contributed by atoms with van der Waals surface area (Å²) in [6, 6.07) is 19.8. The molecule has 2 aromatic heterocycles. The molecule has 1 aliphatic rings. The second-order valence-electron chi connectivity index (χ2n) is 12.3. The maximum atomic E-state index is 13.7. The summed E-state index contributed by atoms with van der Waals surface area (Å²) in [6.45, 7) is 3.95. The fourth-order valence-electron chi connectivity index (χ4n) is 6.18. The van der Waals surface area contributed by atoms with Gasteiger partial charge in [-0.05, 0) is 64.3 Å². The average Bonchev–Trinajstić information content (AvgIpc) is 3.87. The third kappa shape index (κ3) is 9.10. The smallest absolute Gasteiger partial charge is 0.159 e. The number of hydrogen-bond donors (Lipinski definition) is 2. The van der Waals surface area contributed by atoms with Crippen LogP contribution in [0, 0.1) is 17.6 Å². The Morgan fingerprint density at radius 3 is 1.88 bits per heavy atom. The zero-order valence-electron chi connectivity index (χ0n) is 27.6. The first-order valence-electron chi connectivity index (χ1n) is 16.6. The molecule has 9 heteroatoms. The largest absolute Gasteiger partial charge is 0.300 e. The molecule has 0 saturated heterocycles. The molecule has 5 nitrogen and oxygen atoms in total. The number of nitrogens with zero attached hydrogens (tertiary/aromatic N) is 2. The molecule has 5 aromatic rings. The van der Waals surface area contributed by atoms with E-state index in [0.717, 1.165) is 53.1 Å². The number of ketones is 1. The number of unbranched alkanes of at least 4 members (excludes halogenated alkanes) is 1. The number of halogens is 4. The molecule has 0 bridgehead atoms. The number of carbonyl (C=O) groups excluding carboxylic acids is 1. The summed E-state index contributed by atoms with van der Waals surface area (Å²) in [5, 5.41) is 13.5. The minimum absolute atomic E-state index is 0.0100. The van der Waals surface area contributed by atoms with Gasteiger partial charge in [0, 0.05) is 48.7 Å². The van der Waals surface area contributed by atoms with Crippen molar-refractivity contribution in [1.82, 2.24) is 20.4 Å². The van der Waals surface area contributed by atoms with Crippen LogP contribution in [-0.4, -0.2) is 26.2 Å². The van der Waals surface area contributed by atoms with Gasteiger partial charge in [0.1, 0.15) is 11.6 Å². The normalized spacial score (nSPS) is 15.4. The van der Waals surface area contributed by atoms with E-state index in [9.17, 15) is 22.4 Å². The number of Topliss-reactive ketones (excluding diaryl/α,β-unsaturated/α-hetero) is 1. The molecule has 254 valence electrons. The van der Waals surface area contributed by atoms with Gasteiger partial charge in [0.15, 0.2) is 17.5 Å². The predicted octanol–water partition coefficient (Wildman–Crippen LogP) is 10.9. The van der Waals surface area contributed by atoms with Crippen molar-refractivity contribution < 1.29 is 22.4 Å². The SMILES string of the molecule is CCC(=O)CC(c1ccc(-c2cn[nH]c2)cc1)c1ccc(F)c(F)c1.CCCCC(c1ccc(-c2cn[nH]c2)cc1)C1C=CC(F)=C(F)C1. The number of carbonyl (C=O) groups is 1. The maximum absolute atomic E-state index is 13.7. The van der Waals surface area contributed by atoms with Gasteiger partial charge in [0.25, 0.3) is 0 Å². The lowest BCUT2D eigenvalue weighted by Gasteiger charge is -2.27. The van der Waals surface area contributed by atoms with Crippen molar-refractivity contribution in [3.8, 4) is 22.3 Å². The van der Waals surface area contributed by atoms with Crippen LogP contribution >= 0.6 is 0 Å². The Hall–Kier alpha value is -5.05. The van der Waals surface area contributed by atoms with Crippen molar-refractivity contribution in [1.29, 1.82) is 0 Å². The van der Waals surface area contributed by atoms with Crippen LogP contribution in [0.1, 0.15) is 80.9 Å². The van der Waals surface area contributed by atoms with Gasteiger partial charge in [-0.15, -0.1) is 0 Å². The van der Waals surface area contributed by atoms with Crippen molar-refractivity contribution >= 4 is 5.78 Å². The molecule has 0 spiro atoms. The van der Waals surface area contributed by atoms with Gasteiger partial charge in [0.05, 0.1) is 12.4 Å². The zero-order valence-corrected chi connectivity index (χ0v) is 27.6. The average molecular weight is 669 g/mol.